The van der Waals surface area contributed by atoms with Gasteiger partial charge < -0.3 is 29.8 Å². The van der Waals surface area contributed by atoms with Gasteiger partial charge in [0.15, 0.2) is 0 Å². The maximum atomic E-state index is 13.9. The average Bonchev–Trinajstić information content (AvgIpc) is 3.72. The van der Waals surface area contributed by atoms with Gasteiger partial charge in [-0.2, -0.15) is 0 Å². The molecule has 2 aliphatic heterocycles. The molecule has 15 nitrogen and oxygen atoms in total. The van der Waals surface area contributed by atoms with Crippen LogP contribution in [0.4, 0.5) is 17.1 Å². The smallest absolute Gasteiger partial charge is 0.293 e. The third-order valence-electron chi connectivity index (χ3n) is 12.2. The number of carbonyl (C=O) groups is 1. The largest absolute Gasteiger partial charge is 0.455 e. The molecule has 61 heavy (non-hydrogen) atoms. The minimum absolute atomic E-state index is 0.0502. The second-order valence-corrected chi connectivity index (χ2v) is 18.7. The molecule has 1 aliphatic carbocycles. The van der Waals surface area contributed by atoms with Crippen molar-refractivity contribution in [2.45, 2.75) is 55.4 Å². The summed E-state index contributed by atoms with van der Waals surface area (Å²) in [7, 11) is -4.56. The molecular weight excluding hydrogens is 822 g/mol. The molecule has 3 atom stereocenters. The number of nitrogens with one attached hydrogen (secondary N) is 3. The Morgan fingerprint density at radius 1 is 1.05 bits per heavy atom. The van der Waals surface area contributed by atoms with E-state index in [0.29, 0.717) is 61.6 Å². The van der Waals surface area contributed by atoms with E-state index >= 15 is 0 Å². The molecule has 4 heterocycles. The lowest BCUT2D eigenvalue weighted by Gasteiger charge is -2.44. The molecule has 3 aromatic carbocycles. The first-order valence-corrected chi connectivity index (χ1v) is 22.5. The Morgan fingerprint density at radius 2 is 1.82 bits per heavy atom. The number of piperazine rings is 1. The van der Waals surface area contributed by atoms with Gasteiger partial charge in [0, 0.05) is 86.9 Å². The van der Waals surface area contributed by atoms with Crippen molar-refractivity contribution in [3.8, 4) is 11.5 Å². The molecule has 0 bridgehead atoms. The van der Waals surface area contributed by atoms with Crippen LogP contribution in [0.25, 0.3) is 11.0 Å². The van der Waals surface area contributed by atoms with E-state index in [-0.39, 0.29) is 28.8 Å². The van der Waals surface area contributed by atoms with E-state index in [1.807, 2.05) is 25.1 Å². The van der Waals surface area contributed by atoms with Gasteiger partial charge in [0.05, 0.1) is 27.2 Å². The lowest BCUT2D eigenvalue weighted by atomic mass is 9.69. The Labute approximate surface area is 359 Å². The van der Waals surface area contributed by atoms with Crippen LogP contribution in [0.15, 0.2) is 90.1 Å². The molecular formula is C44H50ClN7O8S. The van der Waals surface area contributed by atoms with Crippen LogP contribution in [0.5, 0.6) is 11.5 Å². The molecule has 322 valence electrons. The number of amides is 1. The molecule has 2 saturated heterocycles. The molecule has 3 aliphatic rings. The maximum Gasteiger partial charge on any atom is 0.293 e. The number of nitro benzene ring substituents is 1. The molecule has 17 heteroatoms. The number of benzene rings is 3. The zero-order valence-corrected chi connectivity index (χ0v) is 35.5. The lowest BCUT2D eigenvalue weighted by molar-refractivity contribution is -0.384. The molecule has 1 amide bonds. The first-order chi connectivity index (χ1) is 29.3. The lowest BCUT2D eigenvalue weighted by Crippen LogP contribution is -2.49. The number of pyridine rings is 1. The van der Waals surface area contributed by atoms with E-state index in [9.17, 15) is 28.4 Å². The summed E-state index contributed by atoms with van der Waals surface area (Å²) in [5, 5.41) is 27.6. The number of nitro groups is 1. The number of hydrogen-bond donors (Lipinski definition) is 4. The van der Waals surface area contributed by atoms with Crippen LogP contribution in [-0.4, -0.2) is 97.3 Å². The van der Waals surface area contributed by atoms with Gasteiger partial charge >= 0.3 is 0 Å². The Balaban J connectivity index is 0.987. The van der Waals surface area contributed by atoms with Crippen molar-refractivity contribution in [2.24, 2.45) is 11.8 Å². The number of anilines is 2. The van der Waals surface area contributed by atoms with E-state index in [0.717, 1.165) is 62.5 Å². The topological polar surface area (TPSA) is 192 Å². The number of carbonyl (C=O) groups excluding carboxylic acids is 1. The standard InChI is InChI=1S/C44H50ClN7O8S/c1-44(54)14-10-32(38(25-44)30-2-4-33(45)5-3-30)28-50-16-18-51(19-17-50)34-6-8-37(41(23-34)60-35-22-31-11-15-46-42(31)48-27-35)43(53)49-61(57,58)36-7-9-39(40(24-36)52(55)56)47-26-29-12-20-59-21-13-29/h2-9,11,15,22-24,27,29,32,38,47,54H,10,12-14,16-21,25-26,28H2,1H3,(H,46,48)(H,49,53)/t32-,38-,44+/m1/s1. The monoisotopic (exact) mass is 871 g/mol. The number of H-pyrrole nitrogens is 1. The van der Waals surface area contributed by atoms with E-state index in [1.165, 1.54) is 30.0 Å². The van der Waals surface area contributed by atoms with Crippen molar-refractivity contribution < 1.29 is 32.7 Å². The summed E-state index contributed by atoms with van der Waals surface area (Å²) in [5.41, 5.74) is 1.63. The van der Waals surface area contributed by atoms with Crippen molar-refractivity contribution in [1.82, 2.24) is 19.6 Å². The fourth-order valence-electron chi connectivity index (χ4n) is 8.78. The molecule has 4 N–H and O–H groups in total. The molecule has 0 spiro atoms. The third kappa shape index (κ3) is 10.1. The van der Waals surface area contributed by atoms with Gasteiger partial charge in [-0.25, -0.2) is 18.1 Å². The number of sulfonamides is 1. The first-order valence-electron chi connectivity index (χ1n) is 20.7. The van der Waals surface area contributed by atoms with Gasteiger partial charge in [-0.05, 0) is 111 Å². The highest BCUT2D eigenvalue weighted by Crippen LogP contribution is 2.43. The molecule has 1 saturated carbocycles. The predicted octanol–water partition coefficient (Wildman–Crippen LogP) is 7.33. The van der Waals surface area contributed by atoms with E-state index < -0.39 is 37.0 Å². The van der Waals surface area contributed by atoms with Crippen LogP contribution in [-0.2, 0) is 14.8 Å². The van der Waals surface area contributed by atoms with Crippen molar-refractivity contribution in [2.75, 3.05) is 62.7 Å². The molecule has 0 radical (unpaired) electrons. The summed E-state index contributed by atoms with van der Waals surface area (Å²) in [6.07, 6.45) is 7.26. The van der Waals surface area contributed by atoms with E-state index in [2.05, 4.69) is 41.9 Å². The minimum Gasteiger partial charge on any atom is -0.455 e. The highest BCUT2D eigenvalue weighted by atomic mass is 35.5. The number of fused-ring (bicyclic) bond motifs is 1. The van der Waals surface area contributed by atoms with E-state index in [1.54, 1.807) is 24.4 Å². The second kappa shape index (κ2) is 18.0. The second-order valence-electron chi connectivity index (χ2n) is 16.6. The summed E-state index contributed by atoms with van der Waals surface area (Å²) in [6.45, 7) is 7.52. The number of aliphatic hydroxyl groups is 1. The number of ether oxygens (including phenoxy) is 2. The number of aromatic nitrogens is 2. The summed E-state index contributed by atoms with van der Waals surface area (Å²) >= 11 is 6.21. The van der Waals surface area contributed by atoms with Crippen LogP contribution in [0, 0.1) is 22.0 Å². The highest BCUT2D eigenvalue weighted by Gasteiger charge is 2.38. The van der Waals surface area contributed by atoms with Gasteiger partial charge in [-0.15, -0.1) is 0 Å². The van der Waals surface area contributed by atoms with Crippen LogP contribution >= 0.6 is 11.6 Å². The fraction of sp³-hybridized carbons (Fsp3) is 0.409. The van der Waals surface area contributed by atoms with Gasteiger partial charge in [-0.1, -0.05) is 23.7 Å². The minimum atomic E-state index is -4.56. The van der Waals surface area contributed by atoms with E-state index in [4.69, 9.17) is 21.1 Å². The molecule has 5 aromatic rings. The number of hydrogen-bond acceptors (Lipinski definition) is 12. The van der Waals surface area contributed by atoms with Crippen molar-refractivity contribution >= 4 is 55.6 Å². The number of aromatic amines is 1. The predicted molar refractivity (Wildman–Crippen MR) is 233 cm³/mol. The van der Waals surface area contributed by atoms with Crippen LogP contribution < -0.4 is 19.7 Å². The maximum absolute atomic E-state index is 13.9. The summed E-state index contributed by atoms with van der Waals surface area (Å²) in [6, 6.07) is 20.1. The summed E-state index contributed by atoms with van der Waals surface area (Å²) < 4.78 is 41.1. The highest BCUT2D eigenvalue weighted by molar-refractivity contribution is 7.90. The van der Waals surface area contributed by atoms with Crippen molar-refractivity contribution in [3.05, 3.63) is 111 Å². The van der Waals surface area contributed by atoms with Crippen molar-refractivity contribution in [1.29, 1.82) is 0 Å². The molecule has 0 unspecified atom stereocenters. The SMILES string of the molecule is C[C@]1(O)CC[C@H](CN2CCN(c3ccc(C(=O)NS(=O)(=O)c4ccc(NCC5CCOCC5)c([N+](=O)[O-])c4)c(Oc4cnc5[nH]ccc5c4)c3)CC2)[C@@H](c2ccc(Cl)cc2)C1. The Bertz CT molecular complexity index is 2490. The molecule has 2 aromatic heterocycles. The zero-order chi connectivity index (χ0) is 42.7. The summed E-state index contributed by atoms with van der Waals surface area (Å²) in [5.74, 6) is 0.337. The summed E-state index contributed by atoms with van der Waals surface area (Å²) in [4.78, 5) is 37.0. The van der Waals surface area contributed by atoms with Gasteiger partial charge in [0.1, 0.15) is 22.8 Å². The first kappa shape index (κ1) is 42.4. The quantitative estimate of drug-likeness (QED) is 0.0682. The Kier molecular flexibility index (Phi) is 12.5. The zero-order valence-electron chi connectivity index (χ0n) is 33.9. The third-order valence-corrected chi connectivity index (χ3v) is 13.8. The molecule has 3 fully saturated rings. The van der Waals surface area contributed by atoms with Crippen LogP contribution in [0.1, 0.15) is 60.9 Å². The number of rotatable bonds is 13. The Hall–Kier alpha value is -5.26. The van der Waals surface area contributed by atoms with Gasteiger partial charge in [0.2, 0.25) is 0 Å². The van der Waals surface area contributed by atoms with Gasteiger partial charge in [0.25, 0.3) is 21.6 Å². The fourth-order valence-corrected chi connectivity index (χ4v) is 9.89. The number of nitrogens with zero attached hydrogens (tertiary/aromatic N) is 4. The average molecular weight is 872 g/mol. The van der Waals surface area contributed by atoms with Crippen LogP contribution in [0.3, 0.4) is 0 Å². The number of halogens is 1. The van der Waals surface area contributed by atoms with Gasteiger partial charge in [-0.3, -0.25) is 19.8 Å². The van der Waals surface area contributed by atoms with Crippen molar-refractivity contribution in [3.63, 3.8) is 0 Å². The normalized spacial score (nSPS) is 21.6. The molecule has 8 rings (SSSR count). The van der Waals surface area contributed by atoms with Crippen LogP contribution in [0.2, 0.25) is 5.02 Å². The Morgan fingerprint density at radius 3 is 2.57 bits per heavy atom.